The summed E-state index contributed by atoms with van der Waals surface area (Å²) in [4.78, 5) is 4.68. The molecule has 84 valence electrons. The van der Waals surface area contributed by atoms with Crippen LogP contribution in [0.5, 0.6) is 5.75 Å². The zero-order chi connectivity index (χ0) is 11.7. The highest BCUT2D eigenvalue weighted by molar-refractivity contribution is 6.03. The molecule has 2 heteroatoms. The number of hydrogen-bond donors (Lipinski definition) is 1. The summed E-state index contributed by atoms with van der Waals surface area (Å²) in [7, 11) is 0. The van der Waals surface area contributed by atoms with E-state index < -0.39 is 0 Å². The Hall–Kier alpha value is -2.09. The number of rotatable bonds is 1. The van der Waals surface area contributed by atoms with Gasteiger partial charge in [0.05, 0.1) is 5.69 Å². The van der Waals surface area contributed by atoms with Gasteiger partial charge in [0.1, 0.15) is 5.75 Å². The summed E-state index contributed by atoms with van der Waals surface area (Å²) in [6.07, 6.45) is 2.00. The second-order valence-electron chi connectivity index (χ2n) is 4.23. The van der Waals surface area contributed by atoms with Gasteiger partial charge >= 0.3 is 0 Å². The Bertz CT molecular complexity index is 570. The molecule has 0 aromatic heterocycles. The zero-order valence-corrected chi connectivity index (χ0v) is 9.43. The fraction of sp³-hybridized carbons (Fsp3) is 0.133. The Morgan fingerprint density at radius 1 is 0.882 bits per heavy atom. The second kappa shape index (κ2) is 4.06. The fourth-order valence-corrected chi connectivity index (χ4v) is 2.15. The number of aliphatic imine (C=N–C) groups is 1. The van der Waals surface area contributed by atoms with Crippen molar-refractivity contribution < 1.29 is 5.11 Å². The molecule has 17 heavy (non-hydrogen) atoms. The third-order valence-corrected chi connectivity index (χ3v) is 3.08. The second-order valence-corrected chi connectivity index (χ2v) is 4.23. The highest BCUT2D eigenvalue weighted by atomic mass is 16.3. The Morgan fingerprint density at radius 3 is 2.47 bits per heavy atom. The molecule has 1 aliphatic heterocycles. The predicted molar refractivity (Wildman–Crippen MR) is 69.1 cm³/mol. The molecule has 0 spiro atoms. The van der Waals surface area contributed by atoms with Crippen molar-refractivity contribution in [3.63, 3.8) is 0 Å². The molecule has 0 radical (unpaired) electrons. The highest BCUT2D eigenvalue weighted by Gasteiger charge is 2.12. The molecule has 1 heterocycles. The van der Waals surface area contributed by atoms with Crippen LogP contribution in [-0.2, 0) is 6.42 Å². The monoisotopic (exact) mass is 223 g/mol. The number of aromatic hydroxyl groups is 1. The molecule has 2 aromatic rings. The van der Waals surface area contributed by atoms with Crippen LogP contribution in [0.2, 0.25) is 0 Å². The van der Waals surface area contributed by atoms with Crippen molar-refractivity contribution in [2.24, 2.45) is 4.99 Å². The minimum Gasteiger partial charge on any atom is -0.508 e. The van der Waals surface area contributed by atoms with Crippen molar-refractivity contribution in [3.05, 3.63) is 59.7 Å². The van der Waals surface area contributed by atoms with Crippen LogP contribution in [0, 0.1) is 0 Å². The van der Waals surface area contributed by atoms with Crippen LogP contribution in [0.1, 0.15) is 17.5 Å². The lowest BCUT2D eigenvalue weighted by Gasteiger charge is -2.15. The molecular weight excluding hydrogens is 210 g/mol. The lowest BCUT2D eigenvalue weighted by atomic mass is 9.97. The minimum atomic E-state index is 0.297. The van der Waals surface area contributed by atoms with Gasteiger partial charge in [-0.25, -0.2) is 0 Å². The number of hydrogen-bond acceptors (Lipinski definition) is 2. The highest BCUT2D eigenvalue weighted by Crippen LogP contribution is 2.27. The van der Waals surface area contributed by atoms with Crippen molar-refractivity contribution in [1.82, 2.24) is 0 Å². The standard InChI is InChI=1S/C15H13NO/c17-13-8-5-12(6-9-13)15-10-7-11-3-1-2-4-14(11)16-15/h1-6,8-9,17H,7,10H2. The number of para-hydroxylation sites is 1. The molecule has 0 bridgehead atoms. The molecule has 0 atom stereocenters. The minimum absolute atomic E-state index is 0.297. The van der Waals surface area contributed by atoms with E-state index in [1.807, 2.05) is 18.2 Å². The lowest BCUT2D eigenvalue weighted by Crippen LogP contribution is -2.07. The number of fused-ring (bicyclic) bond motifs is 1. The van der Waals surface area contributed by atoms with E-state index in [2.05, 4.69) is 23.2 Å². The molecule has 2 nitrogen and oxygen atoms in total. The first-order valence-electron chi connectivity index (χ1n) is 5.78. The number of phenols is 1. The molecule has 0 saturated heterocycles. The Balaban J connectivity index is 2.01. The van der Waals surface area contributed by atoms with Crippen LogP contribution < -0.4 is 0 Å². The molecule has 3 rings (SSSR count). The van der Waals surface area contributed by atoms with Crippen LogP contribution >= 0.6 is 0 Å². The first-order valence-corrected chi connectivity index (χ1v) is 5.78. The Morgan fingerprint density at radius 2 is 1.65 bits per heavy atom. The van der Waals surface area contributed by atoms with E-state index in [4.69, 9.17) is 0 Å². The quantitative estimate of drug-likeness (QED) is 0.789. The van der Waals surface area contributed by atoms with Gasteiger partial charge in [0.25, 0.3) is 0 Å². The summed E-state index contributed by atoms with van der Waals surface area (Å²) >= 11 is 0. The first kappa shape index (κ1) is 10.1. The van der Waals surface area contributed by atoms with Gasteiger partial charge in [-0.2, -0.15) is 0 Å². The summed E-state index contributed by atoms with van der Waals surface area (Å²) in [5.41, 5.74) is 4.58. The first-order chi connectivity index (χ1) is 8.33. The molecule has 0 amide bonds. The molecular formula is C15H13NO. The Labute approximate surface area is 100 Å². The zero-order valence-electron chi connectivity index (χ0n) is 9.43. The third kappa shape index (κ3) is 1.94. The number of nitrogens with zero attached hydrogens (tertiary/aromatic N) is 1. The van der Waals surface area contributed by atoms with E-state index in [0.29, 0.717) is 5.75 Å². The van der Waals surface area contributed by atoms with E-state index in [1.165, 1.54) is 5.56 Å². The van der Waals surface area contributed by atoms with Gasteiger partial charge in [-0.05, 0) is 54.3 Å². The van der Waals surface area contributed by atoms with Crippen molar-refractivity contribution in [2.45, 2.75) is 12.8 Å². The molecule has 0 saturated carbocycles. The molecule has 1 aliphatic rings. The van der Waals surface area contributed by atoms with Gasteiger partial charge in [-0.15, -0.1) is 0 Å². The molecule has 1 N–H and O–H groups in total. The van der Waals surface area contributed by atoms with Gasteiger partial charge in [-0.3, -0.25) is 4.99 Å². The topological polar surface area (TPSA) is 32.6 Å². The number of phenolic OH excluding ortho intramolecular Hbond substituents is 1. The maximum absolute atomic E-state index is 9.27. The van der Waals surface area contributed by atoms with Crippen LogP contribution in [0.25, 0.3) is 0 Å². The maximum Gasteiger partial charge on any atom is 0.115 e. The molecule has 0 fully saturated rings. The summed E-state index contributed by atoms with van der Waals surface area (Å²) in [5, 5.41) is 9.27. The van der Waals surface area contributed by atoms with Crippen molar-refractivity contribution in [3.8, 4) is 5.75 Å². The van der Waals surface area contributed by atoms with E-state index in [1.54, 1.807) is 12.1 Å². The van der Waals surface area contributed by atoms with E-state index in [-0.39, 0.29) is 0 Å². The molecule has 0 aliphatic carbocycles. The van der Waals surface area contributed by atoms with Crippen LogP contribution in [0.3, 0.4) is 0 Å². The third-order valence-electron chi connectivity index (χ3n) is 3.08. The number of benzene rings is 2. The van der Waals surface area contributed by atoms with Gasteiger partial charge in [0.15, 0.2) is 0 Å². The molecule has 0 unspecified atom stereocenters. The summed E-state index contributed by atoms with van der Waals surface area (Å²) in [6, 6.07) is 15.5. The Kier molecular flexibility index (Phi) is 2.41. The van der Waals surface area contributed by atoms with E-state index in [0.717, 1.165) is 29.8 Å². The van der Waals surface area contributed by atoms with E-state index >= 15 is 0 Å². The van der Waals surface area contributed by atoms with Crippen molar-refractivity contribution in [2.75, 3.05) is 0 Å². The van der Waals surface area contributed by atoms with Gasteiger partial charge < -0.3 is 5.11 Å². The summed E-state index contributed by atoms with van der Waals surface area (Å²) < 4.78 is 0. The summed E-state index contributed by atoms with van der Waals surface area (Å²) in [6.45, 7) is 0. The summed E-state index contributed by atoms with van der Waals surface area (Å²) in [5.74, 6) is 0.297. The SMILES string of the molecule is Oc1ccc(C2=Nc3ccccc3CC2)cc1. The van der Waals surface area contributed by atoms with E-state index in [9.17, 15) is 5.11 Å². The predicted octanol–water partition coefficient (Wildman–Crippen LogP) is 3.46. The van der Waals surface area contributed by atoms with Crippen molar-refractivity contribution in [1.29, 1.82) is 0 Å². The molecule has 2 aromatic carbocycles. The lowest BCUT2D eigenvalue weighted by molar-refractivity contribution is 0.475. The van der Waals surface area contributed by atoms with Crippen LogP contribution in [-0.4, -0.2) is 10.8 Å². The van der Waals surface area contributed by atoms with Crippen molar-refractivity contribution >= 4 is 11.4 Å². The fourth-order valence-electron chi connectivity index (χ4n) is 2.15. The smallest absolute Gasteiger partial charge is 0.115 e. The number of aryl methyl sites for hydroxylation is 1. The average Bonchev–Trinajstić information content (AvgIpc) is 2.39. The van der Waals surface area contributed by atoms with Gasteiger partial charge in [-0.1, -0.05) is 18.2 Å². The maximum atomic E-state index is 9.27. The van der Waals surface area contributed by atoms with Gasteiger partial charge in [0.2, 0.25) is 0 Å². The van der Waals surface area contributed by atoms with Gasteiger partial charge in [0, 0.05) is 5.71 Å². The largest absolute Gasteiger partial charge is 0.508 e. The van der Waals surface area contributed by atoms with Crippen LogP contribution in [0.4, 0.5) is 5.69 Å². The average molecular weight is 223 g/mol. The normalized spacial score (nSPS) is 14.0. The van der Waals surface area contributed by atoms with Crippen LogP contribution in [0.15, 0.2) is 53.5 Å².